The van der Waals surface area contributed by atoms with Gasteiger partial charge in [0.2, 0.25) is 0 Å². The monoisotopic (exact) mass is 284 g/mol. The lowest BCUT2D eigenvalue weighted by atomic mass is 9.80. The van der Waals surface area contributed by atoms with Crippen LogP contribution in [0.3, 0.4) is 0 Å². The van der Waals surface area contributed by atoms with Gasteiger partial charge in [-0.25, -0.2) is 0 Å². The largest absolute Gasteiger partial charge is 0.381 e. The van der Waals surface area contributed by atoms with Crippen molar-refractivity contribution in [1.82, 2.24) is 10.2 Å². The summed E-state index contributed by atoms with van der Waals surface area (Å²) in [6, 6.07) is 0.705. The van der Waals surface area contributed by atoms with Gasteiger partial charge < -0.3 is 15.0 Å². The smallest absolute Gasteiger partial charge is 0.0480 e. The fraction of sp³-hybridized carbons (Fsp3) is 1.00. The molecule has 0 bridgehead atoms. The van der Waals surface area contributed by atoms with Crippen LogP contribution in [0, 0.1) is 5.41 Å². The fourth-order valence-corrected chi connectivity index (χ4v) is 3.02. The maximum atomic E-state index is 5.49. The normalized spacial score (nSPS) is 18.8. The van der Waals surface area contributed by atoms with Crippen LogP contribution < -0.4 is 5.32 Å². The van der Waals surface area contributed by atoms with Crippen molar-refractivity contribution in [3.63, 3.8) is 0 Å². The summed E-state index contributed by atoms with van der Waals surface area (Å²) in [5.41, 5.74) is 0.590. The number of nitrogens with one attached hydrogen (secondary N) is 1. The van der Waals surface area contributed by atoms with Crippen molar-refractivity contribution in [1.29, 1.82) is 0 Å². The highest BCUT2D eigenvalue weighted by molar-refractivity contribution is 4.87. The lowest BCUT2D eigenvalue weighted by Crippen LogP contribution is -2.50. The SMILES string of the molecule is CCC(CC)(CNC(C)(C)C)CN(C)C1CCOCC1. The third kappa shape index (κ3) is 5.71. The van der Waals surface area contributed by atoms with Crippen LogP contribution in [0.5, 0.6) is 0 Å². The minimum atomic E-state index is 0.201. The number of hydrogen-bond acceptors (Lipinski definition) is 3. The molecule has 1 fully saturated rings. The lowest BCUT2D eigenvalue weighted by molar-refractivity contribution is 0.0243. The second-order valence-electron chi connectivity index (χ2n) is 7.57. The predicted molar refractivity (Wildman–Crippen MR) is 87.2 cm³/mol. The molecule has 0 amide bonds. The third-order valence-corrected chi connectivity index (χ3v) is 4.89. The van der Waals surface area contributed by atoms with Gasteiger partial charge in [0.25, 0.3) is 0 Å². The standard InChI is InChI=1S/C17H36N2O/c1-7-17(8-2,13-18-16(3,4)5)14-19(6)15-9-11-20-12-10-15/h15,18H,7-14H2,1-6H3. The highest BCUT2D eigenvalue weighted by Gasteiger charge is 2.31. The molecule has 1 rings (SSSR count). The molecule has 0 aliphatic carbocycles. The molecular formula is C17H36N2O. The first-order valence-electron chi connectivity index (χ1n) is 8.35. The van der Waals surface area contributed by atoms with Crippen LogP contribution in [0.2, 0.25) is 0 Å². The van der Waals surface area contributed by atoms with Gasteiger partial charge in [0, 0.05) is 37.9 Å². The van der Waals surface area contributed by atoms with Gasteiger partial charge in [0.05, 0.1) is 0 Å². The zero-order valence-corrected chi connectivity index (χ0v) is 14.6. The Hall–Kier alpha value is -0.120. The third-order valence-electron chi connectivity index (χ3n) is 4.89. The van der Waals surface area contributed by atoms with Gasteiger partial charge in [0.15, 0.2) is 0 Å². The average molecular weight is 284 g/mol. The van der Waals surface area contributed by atoms with E-state index in [1.807, 2.05) is 0 Å². The van der Waals surface area contributed by atoms with E-state index in [1.165, 1.54) is 32.2 Å². The van der Waals surface area contributed by atoms with Crippen LogP contribution >= 0.6 is 0 Å². The van der Waals surface area contributed by atoms with Crippen LogP contribution in [0.15, 0.2) is 0 Å². The Morgan fingerprint density at radius 3 is 2.10 bits per heavy atom. The van der Waals surface area contributed by atoms with Crippen molar-refractivity contribution in [3.05, 3.63) is 0 Å². The lowest BCUT2D eigenvalue weighted by Gasteiger charge is -2.41. The predicted octanol–water partition coefficient (Wildman–Crippen LogP) is 3.29. The van der Waals surface area contributed by atoms with Crippen molar-refractivity contribution in [2.45, 2.75) is 71.9 Å². The Kier molecular flexibility index (Phi) is 6.96. The molecule has 1 aliphatic heterocycles. The van der Waals surface area contributed by atoms with Crippen molar-refractivity contribution >= 4 is 0 Å². The molecule has 3 heteroatoms. The minimum Gasteiger partial charge on any atom is -0.381 e. The fourth-order valence-electron chi connectivity index (χ4n) is 3.02. The first-order chi connectivity index (χ1) is 9.32. The van der Waals surface area contributed by atoms with Crippen LogP contribution in [-0.4, -0.2) is 49.8 Å². The molecule has 0 radical (unpaired) electrons. The van der Waals surface area contributed by atoms with Crippen LogP contribution in [0.4, 0.5) is 0 Å². The molecule has 1 N–H and O–H groups in total. The van der Waals surface area contributed by atoms with E-state index in [0.717, 1.165) is 19.8 Å². The van der Waals surface area contributed by atoms with Crippen LogP contribution in [0.25, 0.3) is 0 Å². The summed E-state index contributed by atoms with van der Waals surface area (Å²) >= 11 is 0. The van der Waals surface area contributed by atoms with E-state index in [0.29, 0.717) is 11.5 Å². The summed E-state index contributed by atoms with van der Waals surface area (Å²) in [5.74, 6) is 0. The topological polar surface area (TPSA) is 24.5 Å². The Morgan fingerprint density at radius 1 is 1.10 bits per heavy atom. The summed E-state index contributed by atoms with van der Waals surface area (Å²) < 4.78 is 5.49. The number of nitrogens with zero attached hydrogens (tertiary/aromatic N) is 1. The summed E-state index contributed by atoms with van der Waals surface area (Å²) in [5, 5.41) is 3.72. The van der Waals surface area contributed by atoms with E-state index >= 15 is 0 Å². The molecule has 0 aromatic heterocycles. The van der Waals surface area contributed by atoms with E-state index in [-0.39, 0.29) is 5.54 Å². The van der Waals surface area contributed by atoms with Gasteiger partial charge in [0.1, 0.15) is 0 Å². The zero-order chi connectivity index (χ0) is 15.2. The molecule has 0 aromatic carbocycles. The highest BCUT2D eigenvalue weighted by Crippen LogP contribution is 2.29. The Morgan fingerprint density at radius 2 is 1.65 bits per heavy atom. The molecular weight excluding hydrogens is 248 g/mol. The molecule has 0 unspecified atom stereocenters. The maximum absolute atomic E-state index is 5.49. The molecule has 0 saturated carbocycles. The molecule has 0 spiro atoms. The molecule has 0 atom stereocenters. The van der Waals surface area contributed by atoms with Crippen LogP contribution in [-0.2, 0) is 4.74 Å². The second-order valence-corrected chi connectivity index (χ2v) is 7.57. The van der Waals surface area contributed by atoms with E-state index in [1.54, 1.807) is 0 Å². The summed E-state index contributed by atoms with van der Waals surface area (Å²) in [6.07, 6.45) is 4.85. The zero-order valence-electron chi connectivity index (χ0n) is 14.6. The van der Waals surface area contributed by atoms with Gasteiger partial charge >= 0.3 is 0 Å². The van der Waals surface area contributed by atoms with Gasteiger partial charge in [-0.1, -0.05) is 13.8 Å². The number of hydrogen-bond donors (Lipinski definition) is 1. The minimum absolute atomic E-state index is 0.201. The van der Waals surface area contributed by atoms with Gasteiger partial charge in [-0.15, -0.1) is 0 Å². The van der Waals surface area contributed by atoms with Crippen LogP contribution in [0.1, 0.15) is 60.3 Å². The van der Waals surface area contributed by atoms with Crippen molar-refractivity contribution < 1.29 is 4.74 Å². The molecule has 3 nitrogen and oxygen atoms in total. The molecule has 1 heterocycles. The number of ether oxygens (including phenoxy) is 1. The Labute approximate surface area is 126 Å². The van der Waals surface area contributed by atoms with E-state index < -0.39 is 0 Å². The van der Waals surface area contributed by atoms with Gasteiger partial charge in [-0.2, -0.15) is 0 Å². The number of rotatable bonds is 7. The van der Waals surface area contributed by atoms with Crippen molar-refractivity contribution in [2.24, 2.45) is 5.41 Å². The first kappa shape index (κ1) is 17.9. The maximum Gasteiger partial charge on any atom is 0.0480 e. The molecule has 120 valence electrons. The Bertz CT molecular complexity index is 263. The second kappa shape index (κ2) is 7.77. The average Bonchev–Trinajstić information content (AvgIpc) is 2.43. The van der Waals surface area contributed by atoms with E-state index in [9.17, 15) is 0 Å². The highest BCUT2D eigenvalue weighted by atomic mass is 16.5. The van der Waals surface area contributed by atoms with E-state index in [4.69, 9.17) is 4.74 Å². The molecule has 1 aliphatic rings. The van der Waals surface area contributed by atoms with E-state index in [2.05, 4.69) is 51.9 Å². The summed E-state index contributed by atoms with van der Waals surface area (Å²) in [6.45, 7) is 15.6. The van der Waals surface area contributed by atoms with Crippen molar-refractivity contribution in [3.8, 4) is 0 Å². The molecule has 1 saturated heterocycles. The first-order valence-corrected chi connectivity index (χ1v) is 8.35. The quantitative estimate of drug-likeness (QED) is 0.776. The summed E-state index contributed by atoms with van der Waals surface area (Å²) in [7, 11) is 2.30. The molecule has 0 aromatic rings. The van der Waals surface area contributed by atoms with Crippen molar-refractivity contribution in [2.75, 3.05) is 33.4 Å². The van der Waals surface area contributed by atoms with Gasteiger partial charge in [-0.05, 0) is 58.9 Å². The summed E-state index contributed by atoms with van der Waals surface area (Å²) in [4.78, 5) is 2.58. The molecule has 20 heavy (non-hydrogen) atoms. The van der Waals surface area contributed by atoms with Gasteiger partial charge in [-0.3, -0.25) is 0 Å². The Balaban J connectivity index is 2.59.